The van der Waals surface area contributed by atoms with E-state index in [1.807, 2.05) is 24.3 Å². The molecule has 2 saturated heterocycles. The molecule has 6 nitrogen and oxygen atoms in total. The molecule has 2 atom stereocenters. The van der Waals surface area contributed by atoms with E-state index in [1.54, 1.807) is 31.0 Å². The molecule has 0 radical (unpaired) electrons. The summed E-state index contributed by atoms with van der Waals surface area (Å²) in [4.78, 5) is 30.5. The maximum atomic E-state index is 12.9. The predicted molar refractivity (Wildman–Crippen MR) is 95.2 cm³/mol. The molecule has 6 heteroatoms. The number of nitrogens with zero attached hydrogens (tertiary/aromatic N) is 3. The molecule has 0 aliphatic carbocycles. The third kappa shape index (κ3) is 3.95. The Hall–Kier alpha value is -2.08. The Bertz CT molecular complexity index is 629. The van der Waals surface area contributed by atoms with Gasteiger partial charge >= 0.3 is 0 Å². The van der Waals surface area contributed by atoms with Crippen molar-refractivity contribution in [2.24, 2.45) is 5.92 Å². The van der Waals surface area contributed by atoms with Crippen molar-refractivity contribution < 1.29 is 14.3 Å². The molecule has 3 rings (SSSR count). The van der Waals surface area contributed by atoms with E-state index in [0.29, 0.717) is 12.5 Å². The molecule has 2 amide bonds. The van der Waals surface area contributed by atoms with Gasteiger partial charge in [-0.05, 0) is 43.0 Å². The number of piperidine rings is 2. The predicted octanol–water partition coefficient (Wildman–Crippen LogP) is 1.21. The molecule has 2 bridgehead atoms. The zero-order chi connectivity index (χ0) is 18.0. The van der Waals surface area contributed by atoms with Gasteiger partial charge in [0.05, 0.1) is 19.7 Å². The first-order valence-electron chi connectivity index (χ1n) is 8.84. The van der Waals surface area contributed by atoms with E-state index in [1.165, 1.54) is 5.56 Å². The highest BCUT2D eigenvalue weighted by atomic mass is 16.5. The molecule has 2 aliphatic rings. The lowest BCUT2D eigenvalue weighted by atomic mass is 9.85. The molecular weight excluding hydrogens is 318 g/mol. The SMILES string of the molecule is COc1ccc(CN2CC[C@H]3C[C@@H]2C(=O)N(CC(=O)N(C)C)C3)cc1. The Kier molecular flexibility index (Phi) is 5.27. The molecule has 0 spiro atoms. The summed E-state index contributed by atoms with van der Waals surface area (Å²) < 4.78 is 5.20. The largest absolute Gasteiger partial charge is 0.497 e. The van der Waals surface area contributed by atoms with Crippen LogP contribution < -0.4 is 4.74 Å². The first kappa shape index (κ1) is 17.7. The van der Waals surface area contributed by atoms with Gasteiger partial charge in [0.2, 0.25) is 11.8 Å². The van der Waals surface area contributed by atoms with Crippen molar-refractivity contribution in [1.82, 2.24) is 14.7 Å². The molecule has 2 heterocycles. The number of rotatable bonds is 5. The lowest BCUT2D eigenvalue weighted by Crippen LogP contribution is -2.59. The number of methoxy groups -OCH3 is 1. The fraction of sp³-hybridized carbons (Fsp3) is 0.579. The average Bonchev–Trinajstić information content (AvgIpc) is 2.61. The highest BCUT2D eigenvalue weighted by molar-refractivity contribution is 5.88. The third-order valence-corrected chi connectivity index (χ3v) is 5.27. The minimum Gasteiger partial charge on any atom is -0.497 e. The Morgan fingerprint density at radius 2 is 2.00 bits per heavy atom. The number of carbonyl (C=O) groups excluding carboxylic acids is 2. The molecule has 1 aromatic rings. The van der Waals surface area contributed by atoms with Crippen LogP contribution in [-0.4, -0.2) is 73.4 Å². The number of likely N-dealkylation sites (tertiary alicyclic amines) is 2. The smallest absolute Gasteiger partial charge is 0.241 e. The minimum atomic E-state index is -0.107. The van der Waals surface area contributed by atoms with Gasteiger partial charge in [-0.25, -0.2) is 0 Å². The van der Waals surface area contributed by atoms with Crippen molar-refractivity contribution >= 4 is 11.8 Å². The number of ether oxygens (including phenoxy) is 1. The normalized spacial score (nSPS) is 23.5. The van der Waals surface area contributed by atoms with Crippen LogP contribution in [0.1, 0.15) is 18.4 Å². The Morgan fingerprint density at radius 3 is 2.64 bits per heavy atom. The molecule has 0 saturated carbocycles. The van der Waals surface area contributed by atoms with Crippen LogP contribution in [0.4, 0.5) is 0 Å². The quantitative estimate of drug-likeness (QED) is 0.805. The second-order valence-corrected chi connectivity index (χ2v) is 7.23. The molecule has 0 N–H and O–H groups in total. The van der Waals surface area contributed by atoms with E-state index in [-0.39, 0.29) is 24.4 Å². The highest BCUT2D eigenvalue weighted by Gasteiger charge is 2.41. The molecular formula is C19H27N3O3. The molecule has 0 aromatic heterocycles. The van der Waals surface area contributed by atoms with Gasteiger partial charge in [-0.15, -0.1) is 0 Å². The second-order valence-electron chi connectivity index (χ2n) is 7.23. The number of fused-ring (bicyclic) bond motifs is 2. The summed E-state index contributed by atoms with van der Waals surface area (Å²) in [7, 11) is 5.12. The molecule has 0 unspecified atom stereocenters. The van der Waals surface area contributed by atoms with Gasteiger partial charge in [0.25, 0.3) is 0 Å². The molecule has 136 valence electrons. The van der Waals surface area contributed by atoms with Crippen molar-refractivity contribution in [2.75, 3.05) is 40.8 Å². The number of hydrogen-bond acceptors (Lipinski definition) is 4. The van der Waals surface area contributed by atoms with Crippen LogP contribution in [0.2, 0.25) is 0 Å². The number of benzene rings is 1. The zero-order valence-corrected chi connectivity index (χ0v) is 15.3. The van der Waals surface area contributed by atoms with Gasteiger partial charge in [-0.3, -0.25) is 14.5 Å². The van der Waals surface area contributed by atoms with Gasteiger partial charge in [-0.1, -0.05) is 12.1 Å². The van der Waals surface area contributed by atoms with Crippen molar-refractivity contribution in [3.8, 4) is 5.75 Å². The van der Waals surface area contributed by atoms with E-state index in [2.05, 4.69) is 4.90 Å². The van der Waals surface area contributed by atoms with Crippen LogP contribution in [-0.2, 0) is 16.1 Å². The first-order valence-corrected chi connectivity index (χ1v) is 8.84. The van der Waals surface area contributed by atoms with Gasteiger partial charge in [0.1, 0.15) is 5.75 Å². The van der Waals surface area contributed by atoms with E-state index in [9.17, 15) is 9.59 Å². The molecule has 2 fully saturated rings. The second kappa shape index (κ2) is 7.44. The van der Waals surface area contributed by atoms with Crippen molar-refractivity contribution in [2.45, 2.75) is 25.4 Å². The topological polar surface area (TPSA) is 53.1 Å². The minimum absolute atomic E-state index is 0.0185. The molecule has 1 aromatic carbocycles. The maximum Gasteiger partial charge on any atom is 0.241 e. The number of likely N-dealkylation sites (N-methyl/N-ethyl adjacent to an activating group) is 1. The fourth-order valence-corrected chi connectivity index (χ4v) is 3.72. The molecule has 25 heavy (non-hydrogen) atoms. The van der Waals surface area contributed by atoms with Gasteiger partial charge in [-0.2, -0.15) is 0 Å². The number of amides is 2. The van der Waals surface area contributed by atoms with Crippen LogP contribution >= 0.6 is 0 Å². The Balaban J connectivity index is 1.68. The summed E-state index contributed by atoms with van der Waals surface area (Å²) in [5, 5.41) is 0. The zero-order valence-electron chi connectivity index (χ0n) is 15.3. The maximum absolute atomic E-state index is 12.9. The molecule has 2 aliphatic heterocycles. The van der Waals surface area contributed by atoms with Crippen molar-refractivity contribution in [1.29, 1.82) is 0 Å². The standard InChI is InChI=1S/C19H27N3O3/c1-20(2)18(23)13-22-12-15-8-9-21(17(10-15)19(22)24)11-14-4-6-16(25-3)7-5-14/h4-7,15,17H,8-13H2,1-3H3/t15-,17+/m0/s1. The van der Waals surface area contributed by atoms with Gasteiger partial charge in [0, 0.05) is 27.2 Å². The summed E-state index contributed by atoms with van der Waals surface area (Å²) in [6, 6.07) is 7.89. The van der Waals surface area contributed by atoms with Crippen molar-refractivity contribution in [3.05, 3.63) is 29.8 Å². The van der Waals surface area contributed by atoms with Crippen LogP contribution in [0.5, 0.6) is 5.75 Å². The van der Waals surface area contributed by atoms with E-state index < -0.39 is 0 Å². The summed E-state index contributed by atoms with van der Waals surface area (Å²) in [5.74, 6) is 1.42. The number of hydrogen-bond donors (Lipinski definition) is 0. The summed E-state index contributed by atoms with van der Waals surface area (Å²) >= 11 is 0. The monoisotopic (exact) mass is 345 g/mol. The summed E-state index contributed by atoms with van der Waals surface area (Å²) in [6.07, 6.45) is 1.98. The summed E-state index contributed by atoms with van der Waals surface area (Å²) in [6.45, 7) is 2.59. The third-order valence-electron chi connectivity index (χ3n) is 5.27. The average molecular weight is 345 g/mol. The van der Waals surface area contributed by atoms with E-state index in [0.717, 1.165) is 31.7 Å². The summed E-state index contributed by atoms with van der Waals surface area (Å²) in [5.41, 5.74) is 1.17. The first-order chi connectivity index (χ1) is 12.0. The van der Waals surface area contributed by atoms with Crippen LogP contribution in [0.15, 0.2) is 24.3 Å². The van der Waals surface area contributed by atoms with E-state index in [4.69, 9.17) is 4.74 Å². The Morgan fingerprint density at radius 1 is 1.28 bits per heavy atom. The van der Waals surface area contributed by atoms with Crippen molar-refractivity contribution in [3.63, 3.8) is 0 Å². The van der Waals surface area contributed by atoms with Crippen LogP contribution in [0.3, 0.4) is 0 Å². The van der Waals surface area contributed by atoms with Crippen LogP contribution in [0, 0.1) is 5.92 Å². The fourth-order valence-electron chi connectivity index (χ4n) is 3.72. The van der Waals surface area contributed by atoms with E-state index >= 15 is 0 Å². The van der Waals surface area contributed by atoms with Crippen LogP contribution in [0.25, 0.3) is 0 Å². The van der Waals surface area contributed by atoms with Gasteiger partial charge < -0.3 is 14.5 Å². The number of carbonyl (C=O) groups is 2. The Labute approximate surface area is 149 Å². The van der Waals surface area contributed by atoms with Gasteiger partial charge in [0.15, 0.2) is 0 Å². The lowest BCUT2D eigenvalue weighted by Gasteiger charge is -2.46. The lowest BCUT2D eigenvalue weighted by molar-refractivity contribution is -0.150. The highest BCUT2D eigenvalue weighted by Crippen LogP contribution is 2.31.